The van der Waals surface area contributed by atoms with Crippen molar-refractivity contribution in [2.24, 2.45) is 0 Å². The van der Waals surface area contributed by atoms with Gasteiger partial charge in [0.15, 0.2) is 5.12 Å². The molecule has 0 bridgehead atoms. The third kappa shape index (κ3) is 5.63. The van der Waals surface area contributed by atoms with Crippen LogP contribution < -0.4 is 0 Å². The lowest BCUT2D eigenvalue weighted by Crippen LogP contribution is -2.20. The molecule has 0 fully saturated rings. The number of hydrogen-bond donors (Lipinski definition) is 3. The van der Waals surface area contributed by atoms with E-state index in [4.69, 9.17) is 5.11 Å². The molecule has 4 nitrogen and oxygen atoms in total. The summed E-state index contributed by atoms with van der Waals surface area (Å²) >= 11 is 1.15. The molecule has 1 rings (SSSR count). The molecule has 0 heterocycles. The number of benzene rings is 1. The predicted octanol–water partition coefficient (Wildman–Crippen LogP) is 1.68. The molecule has 1 aromatic carbocycles. The first-order valence-electron chi connectivity index (χ1n) is 6.74. The molecule has 20 heavy (non-hydrogen) atoms. The molecule has 0 radical (unpaired) electrons. The number of aryl methyl sites for hydroxylation is 1. The second-order valence-electron chi connectivity index (χ2n) is 4.67. The van der Waals surface area contributed by atoms with Gasteiger partial charge in [-0.15, -0.1) is 0 Å². The Morgan fingerprint density at radius 1 is 1.30 bits per heavy atom. The summed E-state index contributed by atoms with van der Waals surface area (Å²) in [5.74, 6) is 0.492. The highest BCUT2D eigenvalue weighted by molar-refractivity contribution is 8.13. The van der Waals surface area contributed by atoms with Gasteiger partial charge in [0.1, 0.15) is 6.10 Å². The van der Waals surface area contributed by atoms with Crippen molar-refractivity contribution in [3.8, 4) is 0 Å². The van der Waals surface area contributed by atoms with Gasteiger partial charge in [0.2, 0.25) is 0 Å². The molecule has 112 valence electrons. The van der Waals surface area contributed by atoms with Gasteiger partial charge in [-0.05, 0) is 30.4 Å². The Kier molecular flexibility index (Phi) is 7.84. The second-order valence-corrected chi connectivity index (χ2v) is 5.94. The first kappa shape index (κ1) is 17.2. The van der Waals surface area contributed by atoms with Crippen LogP contribution in [-0.4, -0.2) is 38.9 Å². The minimum absolute atomic E-state index is 0.00929. The lowest BCUT2D eigenvalue weighted by molar-refractivity contribution is -0.109. The molecule has 2 atom stereocenters. The van der Waals surface area contributed by atoms with E-state index in [1.807, 2.05) is 18.2 Å². The van der Waals surface area contributed by atoms with Gasteiger partial charge in [0.25, 0.3) is 0 Å². The maximum absolute atomic E-state index is 10.8. The van der Waals surface area contributed by atoms with Crippen LogP contribution >= 0.6 is 11.8 Å². The van der Waals surface area contributed by atoms with Crippen molar-refractivity contribution in [3.63, 3.8) is 0 Å². The van der Waals surface area contributed by atoms with Gasteiger partial charge in [-0.2, -0.15) is 0 Å². The van der Waals surface area contributed by atoms with Gasteiger partial charge in [-0.25, -0.2) is 0 Å². The van der Waals surface area contributed by atoms with Crippen molar-refractivity contribution >= 4 is 16.9 Å². The first-order chi connectivity index (χ1) is 9.56. The van der Waals surface area contributed by atoms with E-state index in [0.29, 0.717) is 30.6 Å². The van der Waals surface area contributed by atoms with E-state index < -0.39 is 12.2 Å². The van der Waals surface area contributed by atoms with Crippen LogP contribution in [0.2, 0.25) is 0 Å². The van der Waals surface area contributed by atoms with Crippen molar-refractivity contribution in [1.82, 2.24) is 0 Å². The molecule has 0 saturated carbocycles. The average Bonchev–Trinajstić information content (AvgIpc) is 2.44. The fraction of sp³-hybridized carbons (Fsp3) is 0.533. The Hall–Kier alpha value is -0.880. The van der Waals surface area contributed by atoms with Gasteiger partial charge in [-0.3, -0.25) is 4.79 Å². The molecule has 0 aromatic heterocycles. The number of hydrogen-bond acceptors (Lipinski definition) is 5. The summed E-state index contributed by atoms with van der Waals surface area (Å²) in [6.07, 6.45) is -0.201. The highest BCUT2D eigenvalue weighted by Crippen LogP contribution is 2.24. The Labute approximate surface area is 123 Å². The number of thioether (sulfide) groups is 1. The maximum Gasteiger partial charge on any atom is 0.185 e. The largest absolute Gasteiger partial charge is 0.396 e. The molecule has 1 aromatic rings. The predicted molar refractivity (Wildman–Crippen MR) is 80.6 cm³/mol. The zero-order valence-electron chi connectivity index (χ0n) is 11.7. The molecule has 5 heteroatoms. The maximum atomic E-state index is 10.8. The highest BCUT2D eigenvalue weighted by atomic mass is 32.2. The van der Waals surface area contributed by atoms with Gasteiger partial charge in [0.05, 0.1) is 6.10 Å². The van der Waals surface area contributed by atoms with E-state index in [-0.39, 0.29) is 11.7 Å². The fourth-order valence-electron chi connectivity index (χ4n) is 2.01. The van der Waals surface area contributed by atoms with E-state index in [1.165, 1.54) is 6.92 Å². The van der Waals surface area contributed by atoms with E-state index >= 15 is 0 Å². The minimum Gasteiger partial charge on any atom is -0.396 e. The number of aliphatic hydroxyl groups is 3. The molecule has 0 saturated heterocycles. The van der Waals surface area contributed by atoms with Crippen LogP contribution in [0.25, 0.3) is 0 Å². The number of carbonyl (C=O) groups is 1. The standard InChI is InChI=1S/C15H22O4S/c1-11(17)20-10-8-14(18)15(19)13-7-3-2-5-12(13)6-4-9-16/h2-3,5,7,14-16,18-19H,4,6,8-10H2,1H3. The number of aliphatic hydroxyl groups excluding tert-OH is 3. The Balaban J connectivity index is 2.65. The van der Waals surface area contributed by atoms with Crippen molar-refractivity contribution in [3.05, 3.63) is 35.4 Å². The van der Waals surface area contributed by atoms with Crippen LogP contribution in [0.1, 0.15) is 37.0 Å². The average molecular weight is 298 g/mol. The van der Waals surface area contributed by atoms with Crippen molar-refractivity contribution in [2.45, 2.75) is 38.4 Å². The SMILES string of the molecule is CC(=O)SCCC(O)C(O)c1ccccc1CCCO. The summed E-state index contributed by atoms with van der Waals surface area (Å²) in [6, 6.07) is 7.38. The molecule has 0 aliphatic heterocycles. The zero-order valence-corrected chi connectivity index (χ0v) is 12.5. The van der Waals surface area contributed by atoms with Gasteiger partial charge >= 0.3 is 0 Å². The smallest absolute Gasteiger partial charge is 0.185 e. The van der Waals surface area contributed by atoms with Crippen molar-refractivity contribution < 1.29 is 20.1 Å². The fourth-order valence-corrected chi connectivity index (χ4v) is 2.66. The monoisotopic (exact) mass is 298 g/mol. The van der Waals surface area contributed by atoms with Gasteiger partial charge < -0.3 is 15.3 Å². The third-order valence-corrected chi connectivity index (χ3v) is 3.91. The van der Waals surface area contributed by atoms with Crippen LogP contribution in [0.5, 0.6) is 0 Å². The summed E-state index contributed by atoms with van der Waals surface area (Å²) in [6.45, 7) is 1.58. The summed E-state index contributed by atoms with van der Waals surface area (Å²) in [5, 5.41) is 29.1. The lowest BCUT2D eigenvalue weighted by atomic mass is 9.95. The Morgan fingerprint density at radius 3 is 2.65 bits per heavy atom. The molecule has 0 aliphatic rings. The van der Waals surface area contributed by atoms with Crippen molar-refractivity contribution in [2.75, 3.05) is 12.4 Å². The second kappa shape index (κ2) is 9.13. The quantitative estimate of drug-likeness (QED) is 0.680. The van der Waals surface area contributed by atoms with Crippen LogP contribution in [0.4, 0.5) is 0 Å². The molecule has 0 aliphatic carbocycles. The highest BCUT2D eigenvalue weighted by Gasteiger charge is 2.20. The van der Waals surface area contributed by atoms with Crippen LogP contribution in [-0.2, 0) is 11.2 Å². The zero-order chi connectivity index (χ0) is 15.0. The Bertz CT molecular complexity index is 422. The van der Waals surface area contributed by atoms with E-state index in [2.05, 4.69) is 0 Å². The van der Waals surface area contributed by atoms with Crippen molar-refractivity contribution in [1.29, 1.82) is 0 Å². The third-order valence-electron chi connectivity index (χ3n) is 3.06. The first-order valence-corrected chi connectivity index (χ1v) is 7.73. The molecule has 0 amide bonds. The molecular formula is C15H22O4S. The molecule has 0 spiro atoms. The Morgan fingerprint density at radius 2 is 2.00 bits per heavy atom. The number of rotatable bonds is 8. The molecule has 2 unspecified atom stereocenters. The lowest BCUT2D eigenvalue weighted by Gasteiger charge is -2.20. The minimum atomic E-state index is -0.961. The van der Waals surface area contributed by atoms with E-state index in [1.54, 1.807) is 6.07 Å². The normalized spacial score (nSPS) is 14.0. The topological polar surface area (TPSA) is 77.8 Å². The van der Waals surface area contributed by atoms with Gasteiger partial charge in [-0.1, -0.05) is 36.0 Å². The van der Waals surface area contributed by atoms with E-state index in [9.17, 15) is 15.0 Å². The molecule has 3 N–H and O–H groups in total. The van der Waals surface area contributed by atoms with Gasteiger partial charge in [0, 0.05) is 19.3 Å². The summed E-state index contributed by atoms with van der Waals surface area (Å²) in [7, 11) is 0. The summed E-state index contributed by atoms with van der Waals surface area (Å²) in [4.78, 5) is 10.8. The van der Waals surface area contributed by atoms with Crippen LogP contribution in [0.15, 0.2) is 24.3 Å². The summed E-state index contributed by atoms with van der Waals surface area (Å²) in [5.41, 5.74) is 1.63. The molecular weight excluding hydrogens is 276 g/mol. The van der Waals surface area contributed by atoms with E-state index in [0.717, 1.165) is 17.3 Å². The number of carbonyl (C=O) groups excluding carboxylic acids is 1. The van der Waals surface area contributed by atoms with Crippen LogP contribution in [0, 0.1) is 0 Å². The summed E-state index contributed by atoms with van der Waals surface area (Å²) < 4.78 is 0. The van der Waals surface area contributed by atoms with Crippen LogP contribution in [0.3, 0.4) is 0 Å².